The number of hydrogen-bond acceptors (Lipinski definition) is 13. The minimum absolute atomic E-state index is 0.0146. The summed E-state index contributed by atoms with van der Waals surface area (Å²) in [6, 6.07) is 3.63. The molecule has 4 rings (SSSR count). The zero-order chi connectivity index (χ0) is 51.1. The number of nitrogens with one attached hydrogen (secondary N) is 5. The second-order valence-corrected chi connectivity index (χ2v) is 17.3. The summed E-state index contributed by atoms with van der Waals surface area (Å²) in [7, 11) is 1.34. The van der Waals surface area contributed by atoms with E-state index in [1.165, 1.54) is 38.2 Å². The number of phenolic OH excluding ortho intramolecular Hbond substituents is 1. The van der Waals surface area contributed by atoms with Crippen LogP contribution in [0.25, 0.3) is 0 Å². The van der Waals surface area contributed by atoms with Gasteiger partial charge < -0.3 is 67.9 Å². The number of aromatic hydroxyl groups is 1. The number of carboxylic acids is 1. The summed E-state index contributed by atoms with van der Waals surface area (Å²) in [5.74, 6) is -10.0. The van der Waals surface area contributed by atoms with Crippen LogP contribution in [-0.4, -0.2) is 153 Å². The number of hydrogen-bond donors (Lipinski definition) is 10. The Hall–Kier alpha value is -7.30. The van der Waals surface area contributed by atoms with E-state index in [2.05, 4.69) is 31.6 Å². The highest BCUT2D eigenvalue weighted by molar-refractivity contribution is 5.98. The Kier molecular flexibility index (Phi) is 19.8. The molecule has 23 heteroatoms. The highest BCUT2D eigenvalue weighted by Gasteiger charge is 2.46. The number of amides is 7. The maximum absolute atomic E-state index is 15.1. The van der Waals surface area contributed by atoms with Crippen molar-refractivity contribution in [2.75, 3.05) is 13.6 Å². The van der Waals surface area contributed by atoms with E-state index in [4.69, 9.17) is 16.2 Å². The average molecular weight is 965 g/mol. The Morgan fingerprint density at radius 2 is 1.52 bits per heavy atom. The van der Waals surface area contributed by atoms with E-state index in [1.807, 2.05) is 0 Å². The summed E-state index contributed by atoms with van der Waals surface area (Å²) in [6.07, 6.45) is -4.44. The summed E-state index contributed by atoms with van der Waals surface area (Å²) < 4.78 is 5.83. The molecule has 23 nitrogen and oxygen atoms in total. The topological polar surface area (TPSA) is 355 Å². The van der Waals surface area contributed by atoms with Crippen LogP contribution < -0.4 is 38.1 Å². The first-order chi connectivity index (χ1) is 32.6. The number of guanidine groups is 1. The molecule has 0 aliphatic carbocycles. The van der Waals surface area contributed by atoms with Crippen LogP contribution in [0.1, 0.15) is 77.3 Å². The van der Waals surface area contributed by atoms with Gasteiger partial charge in [0.2, 0.25) is 41.4 Å². The van der Waals surface area contributed by atoms with Gasteiger partial charge in [-0.1, -0.05) is 62.7 Å². The number of aliphatic hydroxyl groups excluding tert-OH is 1. The molecule has 0 spiro atoms. The van der Waals surface area contributed by atoms with Crippen molar-refractivity contribution in [3.8, 4) is 5.75 Å². The smallest absolute Gasteiger partial charge is 0.329 e. The highest BCUT2D eigenvalue weighted by Crippen LogP contribution is 2.26. The summed E-state index contributed by atoms with van der Waals surface area (Å²) in [5.41, 5.74) is 12.1. The first-order valence-electron chi connectivity index (χ1n) is 22.7. The van der Waals surface area contributed by atoms with Crippen molar-refractivity contribution in [2.45, 2.75) is 134 Å². The summed E-state index contributed by atoms with van der Waals surface area (Å²) in [6.45, 7) is 5.61. The second-order valence-electron chi connectivity index (χ2n) is 17.3. The Morgan fingerprint density at radius 3 is 2.13 bits per heavy atom. The number of likely N-dealkylation sites (N-methyl/N-ethyl adjacent to an activating group) is 1. The van der Waals surface area contributed by atoms with Crippen LogP contribution in [0, 0.1) is 5.92 Å². The van der Waals surface area contributed by atoms with Crippen LogP contribution in [0.2, 0.25) is 0 Å². The SMILES string of the molecule is CC[C@H](C)[C@@H]1NC(=O)[C@H](Cc2ccc(O)cc2)N(C)C(=O)[C@H](Cc2ccccc2)N2C(=O)[C@H](CC[C@H]2O)NC(=O)[C@H](CCCN=C(N)N)NC(=O)[C@@H](NC(=O)[C@@H](CC(=O)O)NC(C)=O)[C@H](C)OC1=O. The molecule has 2 aliphatic heterocycles. The van der Waals surface area contributed by atoms with Crippen molar-refractivity contribution in [1.82, 2.24) is 36.4 Å². The fourth-order valence-corrected chi connectivity index (χ4v) is 8.02. The maximum atomic E-state index is 15.1. The molecule has 2 bridgehead atoms. The third kappa shape index (κ3) is 15.4. The number of phenols is 1. The van der Waals surface area contributed by atoms with E-state index >= 15 is 4.79 Å². The molecule has 2 aliphatic rings. The van der Waals surface area contributed by atoms with Gasteiger partial charge in [0.05, 0.1) is 6.42 Å². The minimum atomic E-state index is -1.89. The van der Waals surface area contributed by atoms with Crippen molar-refractivity contribution in [3.05, 3.63) is 65.7 Å². The van der Waals surface area contributed by atoms with Crippen LogP contribution >= 0.6 is 0 Å². The first-order valence-corrected chi connectivity index (χ1v) is 22.7. The number of carbonyl (C=O) groups excluding carboxylic acids is 8. The summed E-state index contributed by atoms with van der Waals surface area (Å²) >= 11 is 0. The molecule has 376 valence electrons. The Bertz CT molecular complexity index is 2190. The maximum Gasteiger partial charge on any atom is 0.329 e. The number of ether oxygens (including phenoxy) is 1. The molecule has 2 heterocycles. The molecule has 0 aromatic heterocycles. The van der Waals surface area contributed by atoms with Gasteiger partial charge in [0.25, 0.3) is 0 Å². The number of esters is 1. The van der Waals surface area contributed by atoms with E-state index in [-0.39, 0.29) is 63.2 Å². The van der Waals surface area contributed by atoms with E-state index < -0.39 is 120 Å². The van der Waals surface area contributed by atoms with Gasteiger partial charge in [-0.3, -0.25) is 43.3 Å². The van der Waals surface area contributed by atoms with Crippen LogP contribution in [-0.2, 0) is 60.7 Å². The molecule has 2 aromatic carbocycles. The number of fused-ring (bicyclic) bond motifs is 2. The number of aliphatic imine (C=N–C) groups is 1. The molecular formula is C46H64N10O13. The van der Waals surface area contributed by atoms with Crippen molar-refractivity contribution in [3.63, 3.8) is 0 Å². The number of carboxylic acid groups (broad SMARTS) is 1. The van der Waals surface area contributed by atoms with E-state index in [0.717, 1.165) is 16.7 Å². The van der Waals surface area contributed by atoms with Gasteiger partial charge in [0, 0.05) is 33.4 Å². The molecular weight excluding hydrogens is 901 g/mol. The van der Waals surface area contributed by atoms with Crippen molar-refractivity contribution < 1.29 is 63.2 Å². The largest absolute Gasteiger partial charge is 0.508 e. The predicted molar refractivity (Wildman–Crippen MR) is 247 cm³/mol. The van der Waals surface area contributed by atoms with E-state index in [0.29, 0.717) is 11.1 Å². The predicted octanol–water partition coefficient (Wildman–Crippen LogP) is -1.72. The summed E-state index contributed by atoms with van der Waals surface area (Å²) in [5, 5.41) is 43.6. The van der Waals surface area contributed by atoms with Gasteiger partial charge in [-0.25, -0.2) is 4.79 Å². The molecule has 0 unspecified atom stereocenters. The summed E-state index contributed by atoms with van der Waals surface area (Å²) in [4.78, 5) is 131. The molecule has 2 fully saturated rings. The average Bonchev–Trinajstić information content (AvgIpc) is 3.29. The van der Waals surface area contributed by atoms with Gasteiger partial charge in [-0.2, -0.15) is 0 Å². The molecule has 2 aromatic rings. The van der Waals surface area contributed by atoms with Crippen LogP contribution in [0.3, 0.4) is 0 Å². The number of piperidine rings is 1. The first kappa shape index (κ1) is 54.3. The molecule has 2 saturated heterocycles. The van der Waals surface area contributed by atoms with Crippen molar-refractivity contribution in [1.29, 1.82) is 0 Å². The zero-order valence-electron chi connectivity index (χ0n) is 39.3. The number of nitrogens with two attached hydrogens (primary N) is 2. The third-order valence-corrected chi connectivity index (χ3v) is 12.0. The molecule has 7 amide bonds. The van der Waals surface area contributed by atoms with Gasteiger partial charge in [-0.05, 0) is 61.8 Å². The van der Waals surface area contributed by atoms with Crippen LogP contribution in [0.15, 0.2) is 59.6 Å². The van der Waals surface area contributed by atoms with Crippen LogP contribution in [0.5, 0.6) is 5.75 Å². The van der Waals surface area contributed by atoms with E-state index in [9.17, 15) is 53.7 Å². The number of nitrogens with zero attached hydrogens (tertiary/aromatic N) is 3. The molecule has 10 atom stereocenters. The minimum Gasteiger partial charge on any atom is -0.508 e. The Morgan fingerprint density at radius 1 is 0.884 bits per heavy atom. The normalized spacial score (nSPS) is 25.0. The molecule has 12 N–H and O–H groups in total. The molecule has 69 heavy (non-hydrogen) atoms. The Labute approximate surface area is 399 Å². The number of aliphatic carboxylic acids is 1. The van der Waals surface area contributed by atoms with Gasteiger partial charge in [0.1, 0.15) is 60.4 Å². The lowest BCUT2D eigenvalue weighted by molar-refractivity contribution is -0.165. The van der Waals surface area contributed by atoms with E-state index in [1.54, 1.807) is 44.2 Å². The standard InChI is InChI=1S/C46H64N10O13/c1-6-24(2)37-45(68)69-25(3)38(54-40(63)32(23-36(60)61)50-26(4)57)42(65)51-30(13-10-20-49-46(47)48)39(62)52-31-18-19-35(59)56(43(31)66)34(22-27-11-8-7-9-12-27)44(67)55(5)33(41(64)53-37)21-28-14-16-29(58)17-15-28/h7-9,11-12,14-17,24-25,30-35,37-38,58-59H,6,10,13,18-23H2,1-5H3,(H,50,57)(H,51,65)(H,52,62)(H,53,64)(H,54,63)(H,60,61)(H4,47,48,49)/t24-,25-,30-,31-,32+,33-,34-,35+,37-,38-/m0/s1. The number of cyclic esters (lactones) is 1. The van der Waals surface area contributed by atoms with Gasteiger partial charge >= 0.3 is 11.9 Å². The number of carbonyl (C=O) groups is 9. The van der Waals surface area contributed by atoms with Gasteiger partial charge in [0.15, 0.2) is 5.96 Å². The van der Waals surface area contributed by atoms with Gasteiger partial charge in [-0.15, -0.1) is 0 Å². The number of rotatable bonds is 15. The quantitative estimate of drug-likeness (QED) is 0.0411. The zero-order valence-corrected chi connectivity index (χ0v) is 39.3. The number of benzene rings is 2. The second kappa shape index (κ2) is 25.2. The lowest BCUT2D eigenvalue weighted by Gasteiger charge is -2.43. The number of aliphatic hydroxyl groups is 1. The fourth-order valence-electron chi connectivity index (χ4n) is 8.02. The molecule has 0 saturated carbocycles. The molecule has 0 radical (unpaired) electrons. The fraction of sp³-hybridized carbons (Fsp3) is 0.522. The van der Waals surface area contributed by atoms with Crippen molar-refractivity contribution >= 4 is 59.2 Å². The van der Waals surface area contributed by atoms with Crippen molar-refractivity contribution in [2.24, 2.45) is 22.4 Å². The highest BCUT2D eigenvalue weighted by atomic mass is 16.5. The Balaban J connectivity index is 1.91. The monoisotopic (exact) mass is 964 g/mol. The third-order valence-electron chi connectivity index (χ3n) is 12.0. The van der Waals surface area contributed by atoms with Crippen LogP contribution in [0.4, 0.5) is 0 Å². The lowest BCUT2D eigenvalue weighted by atomic mass is 9.95. The lowest BCUT2D eigenvalue weighted by Crippen LogP contribution is -2.65.